The van der Waals surface area contributed by atoms with Crippen LogP contribution in [0.5, 0.6) is 0 Å². The predicted octanol–water partition coefficient (Wildman–Crippen LogP) is 2.51. The summed E-state index contributed by atoms with van der Waals surface area (Å²) in [6.45, 7) is 2.95. The Labute approximate surface area is 101 Å². The molecule has 1 rings (SSSR count). The standard InChI is InChI=1S/C11H11BrO4/c1-11(2,10(15)16)6-4-3-5-7(12)8(6)9(13)14/h3-5H,1-2H3,(H,13,14)(H,15,16). The van der Waals surface area contributed by atoms with Crippen molar-refractivity contribution in [2.45, 2.75) is 19.3 Å². The first-order valence-electron chi connectivity index (χ1n) is 4.54. The predicted molar refractivity (Wildman–Crippen MR) is 61.8 cm³/mol. The van der Waals surface area contributed by atoms with Crippen molar-refractivity contribution in [1.82, 2.24) is 0 Å². The van der Waals surface area contributed by atoms with Gasteiger partial charge in [-0.1, -0.05) is 12.1 Å². The van der Waals surface area contributed by atoms with Gasteiger partial charge in [-0.2, -0.15) is 0 Å². The van der Waals surface area contributed by atoms with Crippen LogP contribution >= 0.6 is 15.9 Å². The molecular weight excluding hydrogens is 276 g/mol. The molecule has 1 aromatic carbocycles. The minimum Gasteiger partial charge on any atom is -0.481 e. The molecule has 0 saturated heterocycles. The largest absolute Gasteiger partial charge is 0.481 e. The molecule has 0 saturated carbocycles. The van der Waals surface area contributed by atoms with E-state index in [1.54, 1.807) is 12.1 Å². The number of carboxylic acids is 2. The van der Waals surface area contributed by atoms with E-state index < -0.39 is 17.4 Å². The van der Waals surface area contributed by atoms with Crippen LogP contribution in [-0.2, 0) is 10.2 Å². The summed E-state index contributed by atoms with van der Waals surface area (Å²) in [5.41, 5.74) is -0.964. The first-order chi connectivity index (χ1) is 7.28. The van der Waals surface area contributed by atoms with Gasteiger partial charge in [0.25, 0.3) is 0 Å². The quantitative estimate of drug-likeness (QED) is 0.895. The fraction of sp³-hybridized carbons (Fsp3) is 0.273. The van der Waals surface area contributed by atoms with Crippen LogP contribution in [-0.4, -0.2) is 22.2 Å². The number of hydrogen-bond donors (Lipinski definition) is 2. The molecule has 2 N–H and O–H groups in total. The molecule has 0 aromatic heterocycles. The summed E-state index contributed by atoms with van der Waals surface area (Å²) in [6, 6.07) is 4.71. The summed E-state index contributed by atoms with van der Waals surface area (Å²) in [4.78, 5) is 22.2. The van der Waals surface area contributed by atoms with E-state index in [2.05, 4.69) is 15.9 Å². The fourth-order valence-corrected chi connectivity index (χ4v) is 1.91. The summed E-state index contributed by atoms with van der Waals surface area (Å²) in [5.74, 6) is -2.20. The topological polar surface area (TPSA) is 74.6 Å². The van der Waals surface area contributed by atoms with E-state index in [9.17, 15) is 9.59 Å². The van der Waals surface area contributed by atoms with Crippen molar-refractivity contribution in [1.29, 1.82) is 0 Å². The molecule has 0 unspecified atom stereocenters. The van der Waals surface area contributed by atoms with E-state index in [4.69, 9.17) is 10.2 Å². The van der Waals surface area contributed by atoms with Crippen LogP contribution in [0.3, 0.4) is 0 Å². The molecule has 16 heavy (non-hydrogen) atoms. The molecule has 0 radical (unpaired) electrons. The van der Waals surface area contributed by atoms with E-state index in [1.165, 1.54) is 19.9 Å². The molecule has 0 heterocycles. The van der Waals surface area contributed by atoms with E-state index >= 15 is 0 Å². The zero-order valence-corrected chi connectivity index (χ0v) is 10.4. The molecule has 0 aliphatic carbocycles. The summed E-state index contributed by atoms with van der Waals surface area (Å²) in [6.07, 6.45) is 0. The van der Waals surface area contributed by atoms with Gasteiger partial charge in [0.15, 0.2) is 0 Å². The van der Waals surface area contributed by atoms with Crippen molar-refractivity contribution < 1.29 is 19.8 Å². The van der Waals surface area contributed by atoms with Crippen molar-refractivity contribution in [3.8, 4) is 0 Å². The van der Waals surface area contributed by atoms with Gasteiger partial charge in [0.2, 0.25) is 0 Å². The molecular formula is C11H11BrO4. The maximum atomic E-state index is 11.1. The van der Waals surface area contributed by atoms with Gasteiger partial charge < -0.3 is 10.2 Å². The van der Waals surface area contributed by atoms with Crippen LogP contribution in [0.2, 0.25) is 0 Å². The van der Waals surface area contributed by atoms with Gasteiger partial charge in [0, 0.05) is 4.47 Å². The monoisotopic (exact) mass is 286 g/mol. The average molecular weight is 287 g/mol. The number of carboxylic acid groups (broad SMARTS) is 2. The third-order valence-electron chi connectivity index (χ3n) is 2.44. The van der Waals surface area contributed by atoms with Gasteiger partial charge >= 0.3 is 11.9 Å². The van der Waals surface area contributed by atoms with Crippen LogP contribution in [0.4, 0.5) is 0 Å². The molecule has 0 amide bonds. The van der Waals surface area contributed by atoms with Crippen LogP contribution in [0.1, 0.15) is 29.8 Å². The highest BCUT2D eigenvalue weighted by Crippen LogP contribution is 2.31. The number of benzene rings is 1. The zero-order valence-electron chi connectivity index (χ0n) is 8.82. The molecule has 1 aromatic rings. The maximum absolute atomic E-state index is 11.1. The molecule has 0 atom stereocenters. The van der Waals surface area contributed by atoms with Gasteiger partial charge in [-0.05, 0) is 41.4 Å². The van der Waals surface area contributed by atoms with Crippen molar-refractivity contribution in [3.63, 3.8) is 0 Å². The summed E-state index contributed by atoms with van der Waals surface area (Å²) in [7, 11) is 0. The Morgan fingerprint density at radius 1 is 1.25 bits per heavy atom. The molecule has 0 fully saturated rings. The van der Waals surface area contributed by atoms with Crippen LogP contribution in [0.15, 0.2) is 22.7 Å². The Bertz CT molecular complexity index is 451. The molecule has 0 aliphatic rings. The molecule has 5 heteroatoms. The highest BCUT2D eigenvalue weighted by atomic mass is 79.9. The van der Waals surface area contributed by atoms with Crippen LogP contribution < -0.4 is 0 Å². The van der Waals surface area contributed by atoms with E-state index in [0.717, 1.165) is 0 Å². The Balaban J connectivity index is 3.51. The fourth-order valence-electron chi connectivity index (χ4n) is 1.38. The minimum absolute atomic E-state index is 0.00472. The Morgan fingerprint density at radius 2 is 1.81 bits per heavy atom. The summed E-state index contributed by atoms with van der Waals surface area (Å²) in [5, 5.41) is 18.2. The first-order valence-corrected chi connectivity index (χ1v) is 5.33. The van der Waals surface area contributed by atoms with Gasteiger partial charge in [-0.3, -0.25) is 4.79 Å². The van der Waals surface area contributed by atoms with Gasteiger partial charge in [0.05, 0.1) is 11.0 Å². The van der Waals surface area contributed by atoms with Crippen LogP contribution in [0, 0.1) is 0 Å². The third kappa shape index (κ3) is 2.09. The number of rotatable bonds is 3. The van der Waals surface area contributed by atoms with Crippen molar-refractivity contribution in [2.24, 2.45) is 0 Å². The molecule has 86 valence electrons. The zero-order chi connectivity index (χ0) is 12.5. The lowest BCUT2D eigenvalue weighted by molar-refractivity contribution is -0.142. The number of carbonyl (C=O) groups is 2. The smallest absolute Gasteiger partial charge is 0.337 e. The number of aliphatic carboxylic acids is 1. The van der Waals surface area contributed by atoms with Gasteiger partial charge in [-0.25, -0.2) is 4.79 Å². The van der Waals surface area contributed by atoms with Gasteiger partial charge in [0.1, 0.15) is 0 Å². The van der Waals surface area contributed by atoms with Gasteiger partial charge in [-0.15, -0.1) is 0 Å². The molecule has 4 nitrogen and oxygen atoms in total. The highest BCUT2D eigenvalue weighted by molar-refractivity contribution is 9.10. The summed E-state index contributed by atoms with van der Waals surface area (Å²) < 4.78 is 0.381. The molecule has 0 spiro atoms. The maximum Gasteiger partial charge on any atom is 0.337 e. The van der Waals surface area contributed by atoms with Crippen molar-refractivity contribution in [3.05, 3.63) is 33.8 Å². The minimum atomic E-state index is -1.24. The number of aromatic carboxylic acids is 1. The average Bonchev–Trinajstić information content (AvgIpc) is 2.16. The normalized spacial score (nSPS) is 11.2. The summed E-state index contributed by atoms with van der Waals surface area (Å²) >= 11 is 3.12. The Hall–Kier alpha value is -1.36. The van der Waals surface area contributed by atoms with Crippen molar-refractivity contribution >= 4 is 27.9 Å². The Kier molecular flexibility index (Phi) is 3.38. The van der Waals surface area contributed by atoms with E-state index in [0.29, 0.717) is 4.47 Å². The van der Waals surface area contributed by atoms with E-state index in [1.807, 2.05) is 0 Å². The second-order valence-electron chi connectivity index (χ2n) is 3.90. The first kappa shape index (κ1) is 12.7. The van der Waals surface area contributed by atoms with Crippen molar-refractivity contribution in [2.75, 3.05) is 0 Å². The molecule has 0 bridgehead atoms. The van der Waals surface area contributed by atoms with Crippen LogP contribution in [0.25, 0.3) is 0 Å². The molecule has 0 aliphatic heterocycles. The number of halogens is 1. The highest BCUT2D eigenvalue weighted by Gasteiger charge is 2.34. The number of hydrogen-bond acceptors (Lipinski definition) is 2. The second-order valence-corrected chi connectivity index (χ2v) is 4.75. The third-order valence-corrected chi connectivity index (χ3v) is 3.10. The lowest BCUT2D eigenvalue weighted by atomic mass is 9.82. The lowest BCUT2D eigenvalue weighted by Gasteiger charge is -2.22. The second kappa shape index (κ2) is 4.25. The SMILES string of the molecule is CC(C)(C(=O)O)c1cccc(Br)c1C(=O)O. The van der Waals surface area contributed by atoms with E-state index in [-0.39, 0.29) is 11.1 Å². The lowest BCUT2D eigenvalue weighted by Crippen LogP contribution is -2.30. The Morgan fingerprint density at radius 3 is 2.25 bits per heavy atom.